The Bertz CT molecular complexity index is 357. The van der Waals surface area contributed by atoms with Crippen LogP contribution in [-0.4, -0.2) is 24.9 Å². The molecule has 96 valence electrons. The van der Waals surface area contributed by atoms with E-state index in [0.29, 0.717) is 6.04 Å². The highest BCUT2D eigenvalue weighted by Crippen LogP contribution is 2.28. The largest absolute Gasteiger partial charge is 0.496 e. The van der Waals surface area contributed by atoms with Crippen molar-refractivity contribution < 1.29 is 9.84 Å². The number of nitrogens with one attached hydrogen (secondary N) is 1. The Labute approximate surface area is 111 Å². The van der Waals surface area contributed by atoms with Crippen molar-refractivity contribution in [2.75, 3.05) is 13.7 Å². The van der Waals surface area contributed by atoms with Gasteiger partial charge in [-0.1, -0.05) is 22.9 Å². The van der Waals surface area contributed by atoms with E-state index >= 15 is 0 Å². The van der Waals surface area contributed by atoms with Gasteiger partial charge in [0.05, 0.1) is 19.8 Å². The summed E-state index contributed by atoms with van der Waals surface area (Å²) in [5.74, 6) is 0.794. The predicted molar refractivity (Wildman–Crippen MR) is 73.4 cm³/mol. The molecule has 0 radical (unpaired) electrons. The summed E-state index contributed by atoms with van der Waals surface area (Å²) in [6.45, 7) is 4.27. The van der Waals surface area contributed by atoms with E-state index in [1.54, 1.807) is 7.11 Å². The Balaban J connectivity index is 2.97. The monoisotopic (exact) mass is 301 g/mol. The summed E-state index contributed by atoms with van der Waals surface area (Å²) in [5.41, 5.74) is 0.977. The van der Waals surface area contributed by atoms with Crippen molar-refractivity contribution in [3.8, 4) is 5.75 Å². The maximum atomic E-state index is 9.50. The molecular formula is C13H20BrNO2. The first-order chi connectivity index (χ1) is 8.12. The minimum Gasteiger partial charge on any atom is -0.496 e. The number of aliphatic hydroxyl groups is 1. The highest BCUT2D eigenvalue weighted by atomic mass is 79.9. The maximum absolute atomic E-state index is 9.50. The smallest absolute Gasteiger partial charge is 0.123 e. The van der Waals surface area contributed by atoms with Gasteiger partial charge in [0.2, 0.25) is 0 Å². The van der Waals surface area contributed by atoms with Crippen LogP contribution in [0.1, 0.15) is 31.9 Å². The number of methoxy groups -OCH3 is 1. The fourth-order valence-corrected chi connectivity index (χ4v) is 2.06. The molecular weight excluding hydrogens is 282 g/mol. The first-order valence-electron chi connectivity index (χ1n) is 5.82. The van der Waals surface area contributed by atoms with Crippen molar-refractivity contribution in [3.63, 3.8) is 0 Å². The fourth-order valence-electron chi connectivity index (χ4n) is 1.68. The van der Waals surface area contributed by atoms with E-state index in [2.05, 4.69) is 35.1 Å². The summed E-state index contributed by atoms with van der Waals surface area (Å²) < 4.78 is 6.31. The van der Waals surface area contributed by atoms with Crippen molar-refractivity contribution in [1.82, 2.24) is 5.32 Å². The van der Waals surface area contributed by atoms with Gasteiger partial charge in [-0.25, -0.2) is 0 Å². The molecule has 0 bridgehead atoms. The molecule has 0 heterocycles. The molecule has 0 aliphatic rings. The average Bonchev–Trinajstić information content (AvgIpc) is 2.35. The van der Waals surface area contributed by atoms with Crippen molar-refractivity contribution in [3.05, 3.63) is 28.2 Å². The number of aliphatic hydroxyl groups excluding tert-OH is 1. The van der Waals surface area contributed by atoms with Crippen LogP contribution in [0.4, 0.5) is 0 Å². The Morgan fingerprint density at radius 2 is 2.18 bits per heavy atom. The zero-order valence-electron chi connectivity index (χ0n) is 10.5. The molecule has 1 aromatic rings. The van der Waals surface area contributed by atoms with Crippen molar-refractivity contribution >= 4 is 15.9 Å². The van der Waals surface area contributed by atoms with E-state index in [1.807, 2.05) is 18.2 Å². The quantitative estimate of drug-likeness (QED) is 0.849. The molecule has 2 unspecified atom stereocenters. The van der Waals surface area contributed by atoms with Gasteiger partial charge in [-0.3, -0.25) is 0 Å². The van der Waals surface area contributed by atoms with Crippen molar-refractivity contribution in [2.45, 2.75) is 32.4 Å². The van der Waals surface area contributed by atoms with E-state index in [9.17, 15) is 5.11 Å². The lowest BCUT2D eigenvalue weighted by Gasteiger charge is -2.23. The Morgan fingerprint density at radius 3 is 2.71 bits per heavy atom. The standard InChI is InChI=1S/C13H20BrNO2/c1-4-9(2)15-12(8-16)11-7-10(14)5-6-13(11)17-3/h5-7,9,12,15-16H,4,8H2,1-3H3. The van der Waals surface area contributed by atoms with E-state index in [1.165, 1.54) is 0 Å². The number of rotatable bonds is 6. The van der Waals surface area contributed by atoms with Crippen LogP contribution in [0.15, 0.2) is 22.7 Å². The molecule has 0 fully saturated rings. The Hall–Kier alpha value is -0.580. The van der Waals surface area contributed by atoms with Crippen LogP contribution in [-0.2, 0) is 0 Å². The van der Waals surface area contributed by atoms with Crippen LogP contribution in [0, 0.1) is 0 Å². The highest BCUT2D eigenvalue weighted by molar-refractivity contribution is 9.10. The molecule has 0 saturated carbocycles. The van der Waals surface area contributed by atoms with E-state index in [0.717, 1.165) is 22.2 Å². The summed E-state index contributed by atoms with van der Waals surface area (Å²) in [7, 11) is 1.64. The minimum atomic E-state index is -0.0996. The third kappa shape index (κ3) is 3.98. The fraction of sp³-hybridized carbons (Fsp3) is 0.538. The number of benzene rings is 1. The normalized spacial score (nSPS) is 14.4. The molecule has 0 aromatic heterocycles. The predicted octanol–water partition coefficient (Wildman–Crippen LogP) is 2.88. The maximum Gasteiger partial charge on any atom is 0.123 e. The average molecular weight is 302 g/mol. The summed E-state index contributed by atoms with van der Waals surface area (Å²) in [5, 5.41) is 12.9. The molecule has 4 heteroatoms. The molecule has 0 aliphatic carbocycles. The van der Waals surface area contributed by atoms with Gasteiger partial charge in [0.25, 0.3) is 0 Å². The molecule has 17 heavy (non-hydrogen) atoms. The topological polar surface area (TPSA) is 41.5 Å². The lowest BCUT2D eigenvalue weighted by atomic mass is 10.0. The lowest BCUT2D eigenvalue weighted by Crippen LogP contribution is -2.32. The second-order valence-corrected chi connectivity index (χ2v) is 5.01. The first-order valence-corrected chi connectivity index (χ1v) is 6.62. The molecule has 0 amide bonds. The summed E-state index contributed by atoms with van der Waals surface area (Å²) in [6, 6.07) is 6.07. The number of halogens is 1. The van der Waals surface area contributed by atoms with Crippen LogP contribution in [0.2, 0.25) is 0 Å². The molecule has 1 aromatic carbocycles. The molecule has 0 aliphatic heterocycles. The summed E-state index contributed by atoms with van der Waals surface area (Å²) >= 11 is 3.44. The van der Waals surface area contributed by atoms with Gasteiger partial charge in [-0.05, 0) is 31.5 Å². The SMILES string of the molecule is CCC(C)NC(CO)c1cc(Br)ccc1OC. The Kier molecular flexibility index (Phi) is 5.95. The van der Waals surface area contributed by atoms with Crippen LogP contribution in [0.3, 0.4) is 0 Å². The third-order valence-electron chi connectivity index (χ3n) is 2.85. The molecule has 2 N–H and O–H groups in total. The number of hydrogen-bond acceptors (Lipinski definition) is 3. The van der Waals surface area contributed by atoms with Crippen LogP contribution in [0.5, 0.6) is 5.75 Å². The molecule has 0 saturated heterocycles. The van der Waals surface area contributed by atoms with E-state index < -0.39 is 0 Å². The number of hydrogen-bond donors (Lipinski definition) is 2. The lowest BCUT2D eigenvalue weighted by molar-refractivity contribution is 0.230. The van der Waals surface area contributed by atoms with Gasteiger partial charge in [-0.2, -0.15) is 0 Å². The molecule has 1 rings (SSSR count). The third-order valence-corrected chi connectivity index (χ3v) is 3.34. The van der Waals surface area contributed by atoms with E-state index in [4.69, 9.17) is 4.74 Å². The van der Waals surface area contributed by atoms with Gasteiger partial charge in [-0.15, -0.1) is 0 Å². The van der Waals surface area contributed by atoms with Gasteiger partial charge in [0.1, 0.15) is 5.75 Å². The highest BCUT2D eigenvalue weighted by Gasteiger charge is 2.17. The minimum absolute atomic E-state index is 0.0527. The van der Waals surface area contributed by atoms with Gasteiger partial charge in [0.15, 0.2) is 0 Å². The summed E-state index contributed by atoms with van der Waals surface area (Å²) in [6.07, 6.45) is 1.02. The molecule has 2 atom stereocenters. The molecule has 0 spiro atoms. The van der Waals surface area contributed by atoms with Crippen LogP contribution in [0.25, 0.3) is 0 Å². The first kappa shape index (κ1) is 14.5. The van der Waals surface area contributed by atoms with Crippen molar-refractivity contribution in [2.24, 2.45) is 0 Å². The Morgan fingerprint density at radius 1 is 1.47 bits per heavy atom. The van der Waals surface area contributed by atoms with Gasteiger partial charge >= 0.3 is 0 Å². The zero-order valence-corrected chi connectivity index (χ0v) is 12.1. The van der Waals surface area contributed by atoms with Crippen LogP contribution < -0.4 is 10.1 Å². The van der Waals surface area contributed by atoms with Gasteiger partial charge in [0, 0.05) is 16.1 Å². The second-order valence-electron chi connectivity index (χ2n) is 4.10. The van der Waals surface area contributed by atoms with Crippen molar-refractivity contribution in [1.29, 1.82) is 0 Å². The second kappa shape index (κ2) is 6.99. The number of ether oxygens (including phenoxy) is 1. The molecule has 3 nitrogen and oxygen atoms in total. The van der Waals surface area contributed by atoms with Crippen LogP contribution >= 0.6 is 15.9 Å². The van der Waals surface area contributed by atoms with E-state index in [-0.39, 0.29) is 12.6 Å². The zero-order chi connectivity index (χ0) is 12.8. The summed E-state index contributed by atoms with van der Waals surface area (Å²) in [4.78, 5) is 0. The van der Waals surface area contributed by atoms with Gasteiger partial charge < -0.3 is 15.2 Å².